The van der Waals surface area contributed by atoms with E-state index >= 15 is 0 Å². The van der Waals surface area contributed by atoms with Crippen LogP contribution in [0.4, 0.5) is 5.82 Å². The second-order valence-electron chi connectivity index (χ2n) is 2.97. The number of H-pyrrole nitrogens is 1. The minimum absolute atomic E-state index is 0.320. The van der Waals surface area contributed by atoms with E-state index in [-0.39, 0.29) is 5.69 Å². The molecule has 0 saturated heterocycles. The van der Waals surface area contributed by atoms with Crippen molar-refractivity contribution in [2.45, 2.75) is 6.92 Å². The standard InChI is InChI=1S/C10H11N3O/c1-2-11-9-7-5-3-4-6-8(7)12-10(14)13-9/h3-6H,2H2,1H3,(H2,11,12,13,14). The van der Waals surface area contributed by atoms with Gasteiger partial charge in [0.05, 0.1) is 5.52 Å². The van der Waals surface area contributed by atoms with E-state index in [1.807, 2.05) is 31.2 Å². The highest BCUT2D eigenvalue weighted by Gasteiger charge is 2.01. The van der Waals surface area contributed by atoms with Gasteiger partial charge in [-0.3, -0.25) is 0 Å². The first-order chi connectivity index (χ1) is 6.81. The van der Waals surface area contributed by atoms with E-state index in [4.69, 9.17) is 0 Å². The molecule has 0 spiro atoms. The molecule has 0 aliphatic heterocycles. The second kappa shape index (κ2) is 3.49. The van der Waals surface area contributed by atoms with Crippen molar-refractivity contribution in [2.24, 2.45) is 0 Å². The van der Waals surface area contributed by atoms with E-state index in [0.717, 1.165) is 17.4 Å². The maximum Gasteiger partial charge on any atom is 0.347 e. The molecule has 14 heavy (non-hydrogen) atoms. The van der Waals surface area contributed by atoms with Crippen molar-refractivity contribution < 1.29 is 0 Å². The topological polar surface area (TPSA) is 57.8 Å². The molecular weight excluding hydrogens is 178 g/mol. The fraction of sp³-hybridized carbons (Fsp3) is 0.200. The molecule has 0 amide bonds. The molecule has 2 N–H and O–H groups in total. The van der Waals surface area contributed by atoms with Gasteiger partial charge in [-0.25, -0.2) is 4.79 Å². The molecule has 1 aromatic carbocycles. The average molecular weight is 189 g/mol. The van der Waals surface area contributed by atoms with Crippen molar-refractivity contribution >= 4 is 16.7 Å². The first-order valence-corrected chi connectivity index (χ1v) is 4.54. The fourth-order valence-electron chi connectivity index (χ4n) is 1.41. The van der Waals surface area contributed by atoms with E-state index in [2.05, 4.69) is 15.3 Å². The Morgan fingerprint density at radius 1 is 1.43 bits per heavy atom. The van der Waals surface area contributed by atoms with Crippen LogP contribution in [0.15, 0.2) is 29.1 Å². The van der Waals surface area contributed by atoms with Gasteiger partial charge in [0, 0.05) is 11.9 Å². The molecule has 0 bridgehead atoms. The third-order valence-electron chi connectivity index (χ3n) is 1.98. The van der Waals surface area contributed by atoms with E-state index in [1.165, 1.54) is 0 Å². The molecule has 1 aromatic heterocycles. The zero-order valence-corrected chi connectivity index (χ0v) is 7.87. The second-order valence-corrected chi connectivity index (χ2v) is 2.97. The van der Waals surface area contributed by atoms with Crippen LogP contribution in [0.2, 0.25) is 0 Å². The molecule has 72 valence electrons. The van der Waals surface area contributed by atoms with Crippen LogP contribution in [0.5, 0.6) is 0 Å². The molecule has 1 heterocycles. The summed E-state index contributed by atoms with van der Waals surface area (Å²) in [5, 5.41) is 4.00. The molecule has 2 rings (SSSR count). The van der Waals surface area contributed by atoms with Gasteiger partial charge < -0.3 is 10.3 Å². The summed E-state index contributed by atoms with van der Waals surface area (Å²) in [6, 6.07) is 7.59. The number of anilines is 1. The van der Waals surface area contributed by atoms with Crippen molar-refractivity contribution in [1.82, 2.24) is 9.97 Å². The number of nitrogens with one attached hydrogen (secondary N) is 2. The van der Waals surface area contributed by atoms with Gasteiger partial charge in [0.2, 0.25) is 0 Å². The van der Waals surface area contributed by atoms with Gasteiger partial charge in [-0.05, 0) is 19.1 Å². The summed E-state index contributed by atoms with van der Waals surface area (Å²) in [4.78, 5) is 17.7. The van der Waals surface area contributed by atoms with Gasteiger partial charge in [0.15, 0.2) is 0 Å². The Morgan fingerprint density at radius 2 is 2.21 bits per heavy atom. The largest absolute Gasteiger partial charge is 0.370 e. The summed E-state index contributed by atoms with van der Waals surface area (Å²) >= 11 is 0. The summed E-state index contributed by atoms with van der Waals surface area (Å²) in [6.45, 7) is 2.72. The van der Waals surface area contributed by atoms with Crippen LogP contribution in [0.25, 0.3) is 10.9 Å². The number of hydrogen-bond acceptors (Lipinski definition) is 3. The van der Waals surface area contributed by atoms with Crippen LogP contribution in [0.3, 0.4) is 0 Å². The lowest BCUT2D eigenvalue weighted by Crippen LogP contribution is -2.13. The number of aromatic amines is 1. The summed E-state index contributed by atoms with van der Waals surface area (Å²) in [7, 11) is 0. The summed E-state index contributed by atoms with van der Waals surface area (Å²) in [5.74, 6) is 0.645. The average Bonchev–Trinajstić information content (AvgIpc) is 2.18. The van der Waals surface area contributed by atoms with Crippen LogP contribution in [0, 0.1) is 0 Å². The molecule has 4 heteroatoms. The predicted octanol–water partition coefficient (Wildman–Crippen LogP) is 1.35. The first-order valence-electron chi connectivity index (χ1n) is 4.54. The molecule has 0 aliphatic carbocycles. The third kappa shape index (κ3) is 1.46. The number of nitrogens with zero attached hydrogens (tertiary/aromatic N) is 1. The Labute approximate surface area is 81.0 Å². The summed E-state index contributed by atoms with van der Waals surface area (Å²) in [6.07, 6.45) is 0. The van der Waals surface area contributed by atoms with Crippen molar-refractivity contribution in [3.63, 3.8) is 0 Å². The number of hydrogen-bond donors (Lipinski definition) is 2. The lowest BCUT2D eigenvalue weighted by molar-refractivity contribution is 1.09. The van der Waals surface area contributed by atoms with Gasteiger partial charge in [-0.1, -0.05) is 12.1 Å². The number of rotatable bonds is 2. The van der Waals surface area contributed by atoms with Crippen molar-refractivity contribution in [2.75, 3.05) is 11.9 Å². The molecular formula is C10H11N3O. The minimum Gasteiger partial charge on any atom is -0.370 e. The fourth-order valence-corrected chi connectivity index (χ4v) is 1.41. The highest BCUT2D eigenvalue weighted by molar-refractivity contribution is 5.88. The van der Waals surface area contributed by atoms with E-state index in [0.29, 0.717) is 5.82 Å². The lowest BCUT2D eigenvalue weighted by Gasteiger charge is -2.04. The van der Waals surface area contributed by atoms with Crippen LogP contribution >= 0.6 is 0 Å². The van der Waals surface area contributed by atoms with Crippen molar-refractivity contribution in [1.29, 1.82) is 0 Å². The molecule has 0 radical (unpaired) electrons. The molecule has 0 unspecified atom stereocenters. The van der Waals surface area contributed by atoms with Crippen LogP contribution in [0.1, 0.15) is 6.92 Å². The monoisotopic (exact) mass is 189 g/mol. The van der Waals surface area contributed by atoms with Crippen LogP contribution in [-0.2, 0) is 0 Å². The zero-order chi connectivity index (χ0) is 9.97. The molecule has 0 fully saturated rings. The SMILES string of the molecule is CCNc1nc(=O)[nH]c2ccccc12. The lowest BCUT2D eigenvalue weighted by atomic mass is 10.2. The normalized spacial score (nSPS) is 10.4. The number of benzene rings is 1. The Balaban J connectivity index is 2.73. The number of aromatic nitrogens is 2. The smallest absolute Gasteiger partial charge is 0.347 e. The van der Waals surface area contributed by atoms with Crippen LogP contribution in [-0.4, -0.2) is 16.5 Å². The molecule has 2 aromatic rings. The van der Waals surface area contributed by atoms with Gasteiger partial charge in [-0.2, -0.15) is 4.98 Å². The summed E-state index contributed by atoms with van der Waals surface area (Å²) in [5.41, 5.74) is 0.489. The molecule has 4 nitrogen and oxygen atoms in total. The van der Waals surface area contributed by atoms with E-state index in [9.17, 15) is 4.79 Å². The Morgan fingerprint density at radius 3 is 3.00 bits per heavy atom. The van der Waals surface area contributed by atoms with Gasteiger partial charge in [0.25, 0.3) is 0 Å². The van der Waals surface area contributed by atoms with Crippen molar-refractivity contribution in [3.05, 3.63) is 34.7 Å². The predicted molar refractivity (Wildman–Crippen MR) is 56.5 cm³/mol. The van der Waals surface area contributed by atoms with Crippen LogP contribution < -0.4 is 11.0 Å². The quantitative estimate of drug-likeness (QED) is 0.749. The maximum atomic E-state index is 11.2. The summed E-state index contributed by atoms with van der Waals surface area (Å²) < 4.78 is 0. The zero-order valence-electron chi connectivity index (χ0n) is 7.87. The third-order valence-corrected chi connectivity index (χ3v) is 1.98. The Kier molecular flexibility index (Phi) is 2.18. The van der Waals surface area contributed by atoms with E-state index in [1.54, 1.807) is 0 Å². The highest BCUT2D eigenvalue weighted by Crippen LogP contribution is 2.16. The van der Waals surface area contributed by atoms with Gasteiger partial charge >= 0.3 is 5.69 Å². The molecule has 0 atom stereocenters. The Bertz CT molecular complexity index is 504. The van der Waals surface area contributed by atoms with Crippen molar-refractivity contribution in [3.8, 4) is 0 Å². The van der Waals surface area contributed by atoms with E-state index < -0.39 is 0 Å². The minimum atomic E-state index is -0.320. The number of para-hydroxylation sites is 1. The maximum absolute atomic E-state index is 11.2. The molecule has 0 aliphatic rings. The Hall–Kier alpha value is -1.84. The van der Waals surface area contributed by atoms with Gasteiger partial charge in [-0.15, -0.1) is 0 Å². The number of fused-ring (bicyclic) bond motifs is 1. The highest BCUT2D eigenvalue weighted by atomic mass is 16.1. The first kappa shape index (κ1) is 8.74. The molecule has 0 saturated carbocycles. The van der Waals surface area contributed by atoms with Gasteiger partial charge in [0.1, 0.15) is 5.82 Å².